The zero-order chi connectivity index (χ0) is 34.2. The first-order valence-electron chi connectivity index (χ1n) is 17.1. The van der Waals surface area contributed by atoms with Crippen LogP contribution in [0.15, 0.2) is 115 Å². The van der Waals surface area contributed by atoms with Crippen molar-refractivity contribution in [1.82, 2.24) is 14.5 Å². The first-order chi connectivity index (χ1) is 23.4. The van der Waals surface area contributed by atoms with Gasteiger partial charge in [0.1, 0.15) is 11.6 Å². The Kier molecular flexibility index (Phi) is 6.94. The van der Waals surface area contributed by atoms with E-state index >= 15 is 0 Å². The van der Waals surface area contributed by atoms with Crippen molar-refractivity contribution in [2.75, 3.05) is 0 Å². The van der Waals surface area contributed by atoms with Crippen molar-refractivity contribution >= 4 is 11.0 Å². The number of rotatable bonds is 3. The van der Waals surface area contributed by atoms with Crippen molar-refractivity contribution in [3.05, 3.63) is 143 Å². The summed E-state index contributed by atoms with van der Waals surface area (Å²) in [6.07, 6.45) is 1.93. The minimum absolute atomic E-state index is 0.0938. The van der Waals surface area contributed by atoms with Crippen LogP contribution in [0.2, 0.25) is 0 Å². The molecule has 1 N–H and O–H groups in total. The standard InChI is InChI=1S/C45H41N3O/c1-27-13-10-14-28(2)40(27)29-21-22-46-36(26-29)31-23-30(24-32(25-31)44(3,4)5)33-15-11-19-38-42(33)47-43-41-35(17-12-20-39(41)49)45(6,7)34-16-8-9-18-37(34)48(38)43/h8-26,49H,1-7H3. The SMILES string of the molecule is Cc1cccc(C)c1-c1ccnc(-c2cc(-c3cccc4c3nc3n4-c4ccccc4C(C)(C)c4cccc(O)c4-3)cc(C(C)(C)C)c2)c1. The number of fused-ring (bicyclic) bond motifs is 7. The maximum atomic E-state index is 11.4. The minimum Gasteiger partial charge on any atom is -0.507 e. The van der Waals surface area contributed by atoms with Gasteiger partial charge in [0.25, 0.3) is 0 Å². The number of aryl methyl sites for hydroxylation is 2. The smallest absolute Gasteiger partial charge is 0.149 e. The molecule has 4 heteroatoms. The first kappa shape index (κ1) is 30.8. The zero-order valence-electron chi connectivity index (χ0n) is 29.3. The minimum atomic E-state index is -0.344. The number of para-hydroxylation sites is 2. The fraction of sp³-hybridized carbons (Fsp3) is 0.200. The van der Waals surface area contributed by atoms with Crippen LogP contribution in [0.4, 0.5) is 0 Å². The molecule has 5 aromatic carbocycles. The van der Waals surface area contributed by atoms with E-state index in [2.05, 4.69) is 150 Å². The van der Waals surface area contributed by atoms with Gasteiger partial charge in [0.05, 0.1) is 28.0 Å². The van der Waals surface area contributed by atoms with E-state index in [4.69, 9.17) is 9.97 Å². The molecule has 0 bridgehead atoms. The number of aromatic hydroxyl groups is 1. The van der Waals surface area contributed by atoms with E-state index in [1.807, 2.05) is 12.3 Å². The number of benzene rings is 5. The number of nitrogens with zero attached hydrogens (tertiary/aromatic N) is 3. The lowest BCUT2D eigenvalue weighted by atomic mass is 9.76. The summed E-state index contributed by atoms with van der Waals surface area (Å²) >= 11 is 0. The molecular formula is C45H41N3O. The van der Waals surface area contributed by atoms with Crippen LogP contribution >= 0.6 is 0 Å². The van der Waals surface area contributed by atoms with Gasteiger partial charge >= 0.3 is 0 Å². The van der Waals surface area contributed by atoms with Gasteiger partial charge in [-0.15, -0.1) is 0 Å². The third kappa shape index (κ3) is 4.89. The summed E-state index contributed by atoms with van der Waals surface area (Å²) in [6, 6.07) is 38.5. The Hall–Kier alpha value is -5.48. The predicted molar refractivity (Wildman–Crippen MR) is 203 cm³/mol. The van der Waals surface area contributed by atoms with E-state index in [0.717, 1.165) is 56.1 Å². The Morgan fingerprint density at radius 3 is 2.14 bits per heavy atom. The number of phenolic OH excluding ortho intramolecular Hbond substituents is 1. The molecule has 2 aromatic heterocycles. The van der Waals surface area contributed by atoms with Gasteiger partial charge in [-0.2, -0.15) is 0 Å². The second kappa shape index (κ2) is 11.0. The van der Waals surface area contributed by atoms with Gasteiger partial charge < -0.3 is 5.11 Å². The highest BCUT2D eigenvalue weighted by Gasteiger charge is 2.36. The van der Waals surface area contributed by atoms with Crippen molar-refractivity contribution in [2.24, 2.45) is 0 Å². The fourth-order valence-electron chi connectivity index (χ4n) is 7.76. The fourth-order valence-corrected chi connectivity index (χ4v) is 7.76. The summed E-state index contributed by atoms with van der Waals surface area (Å²) in [5.74, 6) is 0.993. The molecule has 0 radical (unpaired) electrons. The third-order valence-electron chi connectivity index (χ3n) is 10.4. The van der Waals surface area contributed by atoms with Gasteiger partial charge in [0, 0.05) is 22.7 Å². The average Bonchev–Trinajstić information content (AvgIpc) is 3.43. The highest BCUT2D eigenvalue weighted by molar-refractivity contribution is 5.98. The van der Waals surface area contributed by atoms with E-state index < -0.39 is 0 Å². The highest BCUT2D eigenvalue weighted by atomic mass is 16.3. The van der Waals surface area contributed by atoms with Crippen molar-refractivity contribution in [1.29, 1.82) is 0 Å². The van der Waals surface area contributed by atoms with Crippen LogP contribution in [0.25, 0.3) is 61.6 Å². The molecule has 0 saturated carbocycles. The zero-order valence-corrected chi connectivity index (χ0v) is 29.3. The number of aromatic nitrogens is 3. The van der Waals surface area contributed by atoms with Crippen LogP contribution in [0, 0.1) is 13.8 Å². The largest absolute Gasteiger partial charge is 0.507 e. The van der Waals surface area contributed by atoms with Gasteiger partial charge in [-0.25, -0.2) is 4.98 Å². The number of hydrogen-bond donors (Lipinski definition) is 1. The lowest BCUT2D eigenvalue weighted by molar-refractivity contribution is 0.474. The molecule has 1 aliphatic heterocycles. The Morgan fingerprint density at radius 2 is 1.37 bits per heavy atom. The van der Waals surface area contributed by atoms with Crippen LogP contribution in [0.1, 0.15) is 62.4 Å². The summed E-state index contributed by atoms with van der Waals surface area (Å²) in [6.45, 7) is 15.6. The van der Waals surface area contributed by atoms with Crippen molar-refractivity contribution in [2.45, 2.75) is 59.3 Å². The monoisotopic (exact) mass is 639 g/mol. The molecule has 0 fully saturated rings. The van der Waals surface area contributed by atoms with Crippen LogP contribution in [0.5, 0.6) is 5.75 Å². The van der Waals surface area contributed by atoms with Gasteiger partial charge in [-0.3, -0.25) is 9.55 Å². The van der Waals surface area contributed by atoms with Crippen LogP contribution in [-0.4, -0.2) is 19.6 Å². The van der Waals surface area contributed by atoms with Crippen LogP contribution in [-0.2, 0) is 10.8 Å². The molecule has 8 rings (SSSR count). The normalized spacial score (nSPS) is 13.4. The van der Waals surface area contributed by atoms with Crippen molar-refractivity contribution in [3.63, 3.8) is 0 Å². The number of phenols is 1. The van der Waals surface area contributed by atoms with E-state index in [1.54, 1.807) is 6.07 Å². The van der Waals surface area contributed by atoms with Gasteiger partial charge in [0.2, 0.25) is 0 Å². The molecule has 0 spiro atoms. The molecule has 7 aromatic rings. The molecular weight excluding hydrogens is 599 g/mol. The Balaban J connectivity index is 1.38. The maximum Gasteiger partial charge on any atom is 0.149 e. The van der Waals surface area contributed by atoms with E-state index in [9.17, 15) is 5.11 Å². The maximum absolute atomic E-state index is 11.4. The summed E-state index contributed by atoms with van der Waals surface area (Å²) in [4.78, 5) is 10.3. The van der Waals surface area contributed by atoms with Gasteiger partial charge in [0.15, 0.2) is 0 Å². The summed E-state index contributed by atoms with van der Waals surface area (Å²) in [5.41, 5.74) is 15.9. The second-order valence-electron chi connectivity index (χ2n) is 15.0. The highest BCUT2D eigenvalue weighted by Crippen LogP contribution is 2.49. The third-order valence-corrected chi connectivity index (χ3v) is 10.4. The summed E-state index contributed by atoms with van der Waals surface area (Å²) in [7, 11) is 0. The lowest BCUT2D eigenvalue weighted by Gasteiger charge is -2.28. The van der Waals surface area contributed by atoms with Crippen LogP contribution < -0.4 is 0 Å². The predicted octanol–water partition coefficient (Wildman–Crippen LogP) is 11.3. The van der Waals surface area contributed by atoms with Crippen molar-refractivity contribution < 1.29 is 5.11 Å². The molecule has 3 heterocycles. The number of imidazole rings is 1. The van der Waals surface area contributed by atoms with Crippen LogP contribution in [0.3, 0.4) is 0 Å². The molecule has 1 aliphatic rings. The summed E-state index contributed by atoms with van der Waals surface area (Å²) < 4.78 is 2.24. The quantitative estimate of drug-likeness (QED) is 0.209. The molecule has 0 saturated heterocycles. The Morgan fingerprint density at radius 1 is 0.673 bits per heavy atom. The Labute approximate surface area is 288 Å². The van der Waals surface area contributed by atoms with Gasteiger partial charge in [-0.05, 0) is 106 Å². The summed E-state index contributed by atoms with van der Waals surface area (Å²) in [5, 5.41) is 11.4. The molecule has 0 unspecified atom stereocenters. The molecule has 0 atom stereocenters. The first-order valence-corrected chi connectivity index (χ1v) is 17.1. The number of hydrogen-bond acceptors (Lipinski definition) is 3. The topological polar surface area (TPSA) is 50.9 Å². The lowest BCUT2D eigenvalue weighted by Crippen LogP contribution is -2.20. The molecule has 0 amide bonds. The Bertz CT molecular complexity index is 2420. The van der Waals surface area contributed by atoms with E-state index in [0.29, 0.717) is 0 Å². The molecule has 0 aliphatic carbocycles. The van der Waals surface area contributed by atoms with Crippen molar-refractivity contribution in [3.8, 4) is 56.3 Å². The van der Waals surface area contributed by atoms with E-state index in [-0.39, 0.29) is 16.6 Å². The molecule has 49 heavy (non-hydrogen) atoms. The average molecular weight is 640 g/mol. The molecule has 4 nitrogen and oxygen atoms in total. The van der Waals surface area contributed by atoms with E-state index in [1.165, 1.54) is 33.4 Å². The van der Waals surface area contributed by atoms with Gasteiger partial charge in [-0.1, -0.05) is 101 Å². The number of pyridine rings is 1. The second-order valence-corrected chi connectivity index (χ2v) is 15.0. The molecule has 242 valence electrons.